The van der Waals surface area contributed by atoms with Crippen molar-refractivity contribution in [2.75, 3.05) is 4.90 Å². The van der Waals surface area contributed by atoms with Crippen molar-refractivity contribution in [2.45, 2.75) is 6.92 Å². The van der Waals surface area contributed by atoms with Gasteiger partial charge in [-0.3, -0.25) is 0 Å². The summed E-state index contributed by atoms with van der Waals surface area (Å²) >= 11 is 0. The molecular weight excluding hydrogens is 643 g/mol. The highest BCUT2D eigenvalue weighted by atomic mass is 16.3. The third kappa shape index (κ3) is 5.35. The lowest BCUT2D eigenvalue weighted by Gasteiger charge is -2.26. The van der Waals surface area contributed by atoms with Crippen LogP contribution in [-0.2, 0) is 0 Å². The molecular formula is C51H35NO. The molecule has 10 aromatic rings. The van der Waals surface area contributed by atoms with Crippen molar-refractivity contribution in [3.05, 3.63) is 200 Å². The molecule has 0 saturated carbocycles. The van der Waals surface area contributed by atoms with Gasteiger partial charge >= 0.3 is 0 Å². The molecule has 0 spiro atoms. The zero-order valence-electron chi connectivity index (χ0n) is 29.3. The number of aryl methyl sites for hydroxylation is 1. The quantitative estimate of drug-likeness (QED) is 0.163. The van der Waals surface area contributed by atoms with Crippen molar-refractivity contribution in [3.8, 4) is 33.4 Å². The summed E-state index contributed by atoms with van der Waals surface area (Å²) in [5.74, 6) is 0. The van der Waals surface area contributed by atoms with Gasteiger partial charge in [0.25, 0.3) is 0 Å². The van der Waals surface area contributed by atoms with Gasteiger partial charge in [0, 0.05) is 27.8 Å². The molecule has 0 aliphatic rings. The van der Waals surface area contributed by atoms with E-state index in [1.807, 2.05) is 6.07 Å². The minimum absolute atomic E-state index is 0.917. The molecule has 0 radical (unpaired) electrons. The van der Waals surface area contributed by atoms with Gasteiger partial charge in [-0.1, -0.05) is 146 Å². The van der Waals surface area contributed by atoms with Crippen molar-refractivity contribution >= 4 is 60.5 Å². The first-order valence-corrected chi connectivity index (χ1v) is 18.2. The molecule has 0 aliphatic heterocycles. The van der Waals surface area contributed by atoms with Crippen LogP contribution in [0.1, 0.15) is 5.56 Å². The number of hydrogen-bond donors (Lipinski definition) is 0. The van der Waals surface area contributed by atoms with E-state index >= 15 is 0 Å². The van der Waals surface area contributed by atoms with Crippen molar-refractivity contribution in [1.82, 2.24) is 0 Å². The largest absolute Gasteiger partial charge is 0.456 e. The molecule has 250 valence electrons. The Morgan fingerprint density at radius 1 is 0.377 bits per heavy atom. The smallest absolute Gasteiger partial charge is 0.138 e. The zero-order chi connectivity index (χ0) is 35.3. The number of anilines is 3. The molecule has 0 N–H and O–H groups in total. The van der Waals surface area contributed by atoms with Crippen LogP contribution in [0.15, 0.2) is 199 Å². The van der Waals surface area contributed by atoms with Gasteiger partial charge in [-0.15, -0.1) is 0 Å². The highest BCUT2D eigenvalue weighted by molar-refractivity contribution is 6.14. The van der Waals surface area contributed by atoms with Gasteiger partial charge in [0.15, 0.2) is 0 Å². The van der Waals surface area contributed by atoms with Crippen molar-refractivity contribution in [2.24, 2.45) is 0 Å². The second-order valence-electron chi connectivity index (χ2n) is 13.8. The summed E-state index contributed by atoms with van der Waals surface area (Å²) < 4.78 is 6.34. The molecule has 0 saturated heterocycles. The number of nitrogens with zero attached hydrogens (tertiary/aromatic N) is 1. The van der Waals surface area contributed by atoms with Crippen molar-refractivity contribution in [3.63, 3.8) is 0 Å². The minimum Gasteiger partial charge on any atom is -0.456 e. The van der Waals surface area contributed by atoms with E-state index in [9.17, 15) is 0 Å². The predicted molar refractivity (Wildman–Crippen MR) is 224 cm³/mol. The van der Waals surface area contributed by atoms with Crippen LogP contribution in [0.3, 0.4) is 0 Å². The van der Waals surface area contributed by atoms with E-state index in [4.69, 9.17) is 4.42 Å². The molecule has 1 aromatic heterocycles. The Bertz CT molecular complexity index is 2920. The van der Waals surface area contributed by atoms with Gasteiger partial charge in [0.05, 0.1) is 0 Å². The maximum atomic E-state index is 6.34. The molecule has 0 atom stereocenters. The van der Waals surface area contributed by atoms with E-state index in [0.717, 1.165) is 44.7 Å². The minimum atomic E-state index is 0.917. The van der Waals surface area contributed by atoms with E-state index in [1.165, 1.54) is 54.7 Å². The van der Waals surface area contributed by atoms with Crippen LogP contribution < -0.4 is 4.90 Å². The Morgan fingerprint density at radius 3 is 1.57 bits per heavy atom. The first-order chi connectivity index (χ1) is 26.2. The Labute approximate surface area is 308 Å². The van der Waals surface area contributed by atoms with Gasteiger partial charge in [-0.25, -0.2) is 0 Å². The average molecular weight is 678 g/mol. The van der Waals surface area contributed by atoms with Crippen LogP contribution in [0.4, 0.5) is 17.1 Å². The zero-order valence-corrected chi connectivity index (χ0v) is 29.3. The average Bonchev–Trinajstić information content (AvgIpc) is 3.63. The summed E-state index contributed by atoms with van der Waals surface area (Å²) in [6.07, 6.45) is 0. The van der Waals surface area contributed by atoms with Crippen LogP contribution in [0, 0.1) is 6.92 Å². The normalized spacial score (nSPS) is 11.5. The van der Waals surface area contributed by atoms with Gasteiger partial charge in [-0.2, -0.15) is 0 Å². The first kappa shape index (κ1) is 30.9. The molecule has 2 heteroatoms. The monoisotopic (exact) mass is 677 g/mol. The molecule has 0 fully saturated rings. The number of furan rings is 1. The SMILES string of the molecule is Cc1ccc(-c2ccc(N(c3ccc(-c4ccccc4)cc3)c3ccc(-c4cc5ccccc5c5ccccc45)cc3)cc2)c2c1oc1ccccc12. The Kier molecular flexibility index (Phi) is 7.40. The predicted octanol–water partition coefficient (Wildman–Crippen LogP) is 14.7. The van der Waals surface area contributed by atoms with Gasteiger partial charge in [0.2, 0.25) is 0 Å². The van der Waals surface area contributed by atoms with Crippen LogP contribution in [0.2, 0.25) is 0 Å². The maximum Gasteiger partial charge on any atom is 0.138 e. The summed E-state index contributed by atoms with van der Waals surface area (Å²) in [4.78, 5) is 2.35. The van der Waals surface area contributed by atoms with Crippen LogP contribution >= 0.6 is 0 Å². The van der Waals surface area contributed by atoms with E-state index in [1.54, 1.807) is 0 Å². The number of fused-ring (bicyclic) bond motifs is 6. The third-order valence-corrected chi connectivity index (χ3v) is 10.6. The fraction of sp³-hybridized carbons (Fsp3) is 0.0196. The second-order valence-corrected chi connectivity index (χ2v) is 13.8. The van der Waals surface area contributed by atoms with Crippen molar-refractivity contribution < 1.29 is 4.42 Å². The summed E-state index contributed by atoms with van der Waals surface area (Å²) in [6, 6.07) is 69.9. The van der Waals surface area contributed by atoms with Crippen LogP contribution in [-0.4, -0.2) is 0 Å². The summed E-state index contributed by atoms with van der Waals surface area (Å²) in [5.41, 5.74) is 13.5. The summed E-state index contributed by atoms with van der Waals surface area (Å²) in [5, 5.41) is 7.38. The number of benzene rings is 9. The number of para-hydroxylation sites is 1. The third-order valence-electron chi connectivity index (χ3n) is 10.6. The second kappa shape index (κ2) is 12.7. The first-order valence-electron chi connectivity index (χ1n) is 18.2. The lowest BCUT2D eigenvalue weighted by molar-refractivity contribution is 0.666. The van der Waals surface area contributed by atoms with E-state index in [0.29, 0.717) is 0 Å². The van der Waals surface area contributed by atoms with Gasteiger partial charge < -0.3 is 9.32 Å². The fourth-order valence-electron chi connectivity index (χ4n) is 7.95. The van der Waals surface area contributed by atoms with Crippen LogP contribution in [0.5, 0.6) is 0 Å². The highest BCUT2D eigenvalue weighted by Gasteiger charge is 2.17. The molecule has 0 amide bonds. The molecule has 2 nitrogen and oxygen atoms in total. The van der Waals surface area contributed by atoms with Gasteiger partial charge in [-0.05, 0) is 116 Å². The van der Waals surface area contributed by atoms with E-state index < -0.39 is 0 Å². The van der Waals surface area contributed by atoms with Crippen molar-refractivity contribution in [1.29, 1.82) is 0 Å². The highest BCUT2D eigenvalue weighted by Crippen LogP contribution is 2.42. The molecule has 0 aliphatic carbocycles. The number of rotatable bonds is 6. The summed E-state index contributed by atoms with van der Waals surface area (Å²) in [6.45, 7) is 2.12. The molecule has 9 aromatic carbocycles. The Morgan fingerprint density at radius 2 is 0.887 bits per heavy atom. The molecule has 1 heterocycles. The standard InChI is InChI=1S/C51H35NO/c1-34-19-32-44(50-47-17-9-10-18-49(47)53-51(34)50)37-22-28-41(29-23-37)52(40-26-20-36(21-27-40)35-11-3-2-4-12-35)42-30-24-38(25-31-42)48-33-39-13-5-6-14-43(39)45-15-7-8-16-46(45)48/h2-33H,1H3. The lowest BCUT2D eigenvalue weighted by Crippen LogP contribution is -2.09. The Hall–Kier alpha value is -6.90. The fourth-order valence-corrected chi connectivity index (χ4v) is 7.95. The van der Waals surface area contributed by atoms with Crippen LogP contribution in [0.25, 0.3) is 76.9 Å². The van der Waals surface area contributed by atoms with Gasteiger partial charge in [0.1, 0.15) is 11.2 Å². The van der Waals surface area contributed by atoms with E-state index in [-0.39, 0.29) is 0 Å². The molecule has 0 unspecified atom stereocenters. The molecule has 10 rings (SSSR count). The maximum absolute atomic E-state index is 6.34. The topological polar surface area (TPSA) is 16.4 Å². The lowest BCUT2D eigenvalue weighted by atomic mass is 9.93. The van der Waals surface area contributed by atoms with E-state index in [2.05, 4.69) is 200 Å². The summed E-state index contributed by atoms with van der Waals surface area (Å²) in [7, 11) is 0. The Balaban J connectivity index is 1.08. The molecule has 53 heavy (non-hydrogen) atoms. The molecule has 0 bridgehead atoms. The number of hydrogen-bond acceptors (Lipinski definition) is 2.